The molecule has 166 valence electrons. The van der Waals surface area contributed by atoms with Gasteiger partial charge in [0.05, 0.1) is 23.0 Å². The van der Waals surface area contributed by atoms with Crippen LogP contribution >= 0.6 is 0 Å². The second-order valence-corrected chi connectivity index (χ2v) is 7.37. The molecule has 0 radical (unpaired) electrons. The van der Waals surface area contributed by atoms with Gasteiger partial charge in [-0.15, -0.1) is 13.2 Å². The Hall–Kier alpha value is -3.67. The monoisotopic (exact) mass is 446 g/mol. The quantitative estimate of drug-likeness (QED) is 0.496. The fourth-order valence-corrected chi connectivity index (χ4v) is 3.88. The normalized spacial score (nSPS) is 15.3. The summed E-state index contributed by atoms with van der Waals surface area (Å²) >= 11 is 0. The van der Waals surface area contributed by atoms with E-state index < -0.39 is 12.1 Å². The highest BCUT2D eigenvalue weighted by Crippen LogP contribution is 2.34. The zero-order chi connectivity index (χ0) is 22.3. The Balaban J connectivity index is 1.55. The van der Waals surface area contributed by atoms with E-state index >= 15 is 0 Å². The number of ether oxygens (including phenoxy) is 1. The lowest BCUT2D eigenvalue weighted by Gasteiger charge is -2.23. The van der Waals surface area contributed by atoms with E-state index in [2.05, 4.69) is 30.3 Å². The van der Waals surface area contributed by atoms with Gasteiger partial charge in [0, 0.05) is 12.0 Å². The van der Waals surface area contributed by atoms with Gasteiger partial charge in [-0.05, 0) is 38.1 Å². The lowest BCUT2D eigenvalue weighted by atomic mass is 9.94. The number of halogens is 3. The third-order valence-electron chi connectivity index (χ3n) is 5.30. The van der Waals surface area contributed by atoms with Crippen molar-refractivity contribution < 1.29 is 22.4 Å². The molecule has 4 heterocycles. The van der Waals surface area contributed by atoms with Gasteiger partial charge in [0.2, 0.25) is 5.82 Å². The largest absolute Gasteiger partial charge is 0.573 e. The maximum absolute atomic E-state index is 12.7. The van der Waals surface area contributed by atoms with Crippen molar-refractivity contribution >= 4 is 5.65 Å². The van der Waals surface area contributed by atoms with Gasteiger partial charge >= 0.3 is 6.36 Å². The Morgan fingerprint density at radius 2 is 1.94 bits per heavy atom. The van der Waals surface area contributed by atoms with E-state index in [1.165, 1.54) is 30.5 Å². The second-order valence-electron chi connectivity index (χ2n) is 7.37. The molecule has 1 aliphatic rings. The number of H-pyrrole nitrogens is 1. The van der Waals surface area contributed by atoms with Gasteiger partial charge in [0.15, 0.2) is 0 Å². The van der Waals surface area contributed by atoms with Gasteiger partial charge in [-0.1, -0.05) is 17.3 Å². The third kappa shape index (κ3) is 3.84. The molecule has 0 unspecified atom stereocenters. The average molecular weight is 446 g/mol. The van der Waals surface area contributed by atoms with Gasteiger partial charge in [0.1, 0.15) is 11.4 Å². The summed E-state index contributed by atoms with van der Waals surface area (Å²) in [7, 11) is 0. The summed E-state index contributed by atoms with van der Waals surface area (Å²) in [4.78, 5) is 19.3. The first-order valence-electron chi connectivity index (χ1n) is 9.90. The number of piperidine rings is 1. The van der Waals surface area contributed by atoms with Crippen LogP contribution in [0.2, 0.25) is 0 Å². The first-order valence-corrected chi connectivity index (χ1v) is 9.90. The number of hydrogen-bond acceptors (Lipinski definition) is 7. The minimum Gasteiger partial charge on any atom is -0.405 e. The molecule has 1 aromatic carbocycles. The highest BCUT2D eigenvalue weighted by molar-refractivity contribution is 5.73. The number of nitrogens with one attached hydrogen (secondary N) is 2. The van der Waals surface area contributed by atoms with Crippen molar-refractivity contribution in [3.05, 3.63) is 52.6 Å². The minimum absolute atomic E-state index is 0.0102. The summed E-state index contributed by atoms with van der Waals surface area (Å²) in [5.41, 5.74) is 1.26. The van der Waals surface area contributed by atoms with Crippen molar-refractivity contribution in [3.63, 3.8) is 0 Å². The zero-order valence-electron chi connectivity index (χ0n) is 16.5. The smallest absolute Gasteiger partial charge is 0.405 e. The molecule has 0 atom stereocenters. The fourth-order valence-electron chi connectivity index (χ4n) is 3.88. The van der Waals surface area contributed by atoms with Crippen LogP contribution in [0.25, 0.3) is 28.5 Å². The van der Waals surface area contributed by atoms with Crippen molar-refractivity contribution in [2.45, 2.75) is 25.1 Å². The Kier molecular flexibility index (Phi) is 4.93. The van der Waals surface area contributed by atoms with Gasteiger partial charge in [0.25, 0.3) is 11.4 Å². The van der Waals surface area contributed by atoms with Gasteiger partial charge < -0.3 is 19.6 Å². The van der Waals surface area contributed by atoms with E-state index in [1.54, 1.807) is 4.52 Å². The summed E-state index contributed by atoms with van der Waals surface area (Å²) in [6.45, 7) is 1.70. The summed E-state index contributed by atoms with van der Waals surface area (Å²) in [5.74, 6) is -0.372. The summed E-state index contributed by atoms with van der Waals surface area (Å²) in [5, 5.41) is 11.6. The van der Waals surface area contributed by atoms with Crippen molar-refractivity contribution in [2.24, 2.45) is 0 Å². The van der Waals surface area contributed by atoms with Crippen molar-refractivity contribution in [1.82, 2.24) is 30.1 Å². The Morgan fingerprint density at radius 3 is 2.72 bits per heavy atom. The molecule has 4 aromatic rings. The van der Waals surface area contributed by atoms with Crippen molar-refractivity contribution in [2.75, 3.05) is 13.1 Å². The predicted molar refractivity (Wildman–Crippen MR) is 106 cm³/mol. The van der Waals surface area contributed by atoms with Crippen molar-refractivity contribution in [1.29, 1.82) is 0 Å². The highest BCUT2D eigenvalue weighted by atomic mass is 19.4. The zero-order valence-corrected chi connectivity index (χ0v) is 16.5. The minimum atomic E-state index is -4.87. The summed E-state index contributed by atoms with van der Waals surface area (Å²) in [6.07, 6.45) is -1.64. The topological polar surface area (TPSA) is 110 Å². The molecular weight excluding hydrogens is 429 g/mol. The molecule has 32 heavy (non-hydrogen) atoms. The molecule has 0 amide bonds. The molecule has 0 aliphatic carbocycles. The number of benzene rings is 1. The predicted octanol–water partition coefficient (Wildman–Crippen LogP) is 3.11. The maximum Gasteiger partial charge on any atom is 0.573 e. The van der Waals surface area contributed by atoms with Crippen LogP contribution in [0.15, 0.2) is 45.8 Å². The number of aromatic nitrogens is 5. The lowest BCUT2D eigenvalue weighted by Crippen LogP contribution is -2.28. The van der Waals surface area contributed by atoms with E-state index in [-0.39, 0.29) is 28.8 Å². The van der Waals surface area contributed by atoms with Gasteiger partial charge in [-0.3, -0.25) is 4.79 Å². The first kappa shape index (κ1) is 20.2. The maximum atomic E-state index is 12.7. The molecular formula is C20H17F3N6O3. The number of para-hydroxylation sites is 1. The van der Waals surface area contributed by atoms with E-state index in [9.17, 15) is 18.0 Å². The Morgan fingerprint density at radius 1 is 1.16 bits per heavy atom. The Bertz CT molecular complexity index is 1320. The molecule has 3 aromatic heterocycles. The van der Waals surface area contributed by atoms with Crippen LogP contribution in [0.3, 0.4) is 0 Å². The number of alkyl halides is 3. The summed E-state index contributed by atoms with van der Waals surface area (Å²) < 4.78 is 49.1. The van der Waals surface area contributed by atoms with Crippen LogP contribution in [0, 0.1) is 0 Å². The van der Waals surface area contributed by atoms with E-state index in [0.717, 1.165) is 37.7 Å². The van der Waals surface area contributed by atoms with Crippen LogP contribution in [0.5, 0.6) is 5.75 Å². The second kappa shape index (κ2) is 7.79. The number of hydrogen-bond donors (Lipinski definition) is 2. The molecule has 12 heteroatoms. The van der Waals surface area contributed by atoms with Crippen LogP contribution < -0.4 is 15.6 Å². The molecule has 1 aliphatic heterocycles. The standard InChI is InChI=1S/C20H17F3N6O3/c21-20(22,23)31-15-4-2-1-3-12(15)19-27-17(28-32-19)13-10-25-29-14(9-16(30)26-18(13)29)11-5-7-24-8-6-11/h1-4,9-11,24H,5-8H2,(H,26,30). The number of rotatable bonds is 4. The van der Waals surface area contributed by atoms with Crippen molar-refractivity contribution in [3.8, 4) is 28.6 Å². The number of aromatic amines is 1. The highest BCUT2D eigenvalue weighted by Gasteiger charge is 2.33. The van der Waals surface area contributed by atoms with Crippen LogP contribution in [-0.4, -0.2) is 44.2 Å². The van der Waals surface area contributed by atoms with E-state index in [1.807, 2.05) is 0 Å². The molecule has 9 nitrogen and oxygen atoms in total. The van der Waals surface area contributed by atoms with E-state index in [0.29, 0.717) is 11.2 Å². The third-order valence-corrected chi connectivity index (χ3v) is 5.30. The molecule has 0 bridgehead atoms. The van der Waals surface area contributed by atoms with Crippen LogP contribution in [-0.2, 0) is 0 Å². The lowest BCUT2D eigenvalue weighted by molar-refractivity contribution is -0.274. The summed E-state index contributed by atoms with van der Waals surface area (Å²) in [6, 6.07) is 7.00. The molecule has 5 rings (SSSR count). The molecule has 1 saturated heterocycles. The fraction of sp³-hybridized carbons (Fsp3) is 0.300. The number of fused-ring (bicyclic) bond motifs is 1. The molecule has 1 fully saturated rings. The van der Waals surface area contributed by atoms with Crippen LogP contribution in [0.4, 0.5) is 13.2 Å². The Labute approximate surface area is 178 Å². The van der Waals surface area contributed by atoms with E-state index in [4.69, 9.17) is 4.52 Å². The average Bonchev–Trinajstić information content (AvgIpc) is 3.40. The SMILES string of the molecule is O=c1cc(C2CCNCC2)n2ncc(-c3noc(-c4ccccc4OC(F)(F)F)n3)c2[nH]1. The molecule has 0 saturated carbocycles. The number of nitrogens with zero attached hydrogens (tertiary/aromatic N) is 4. The first-order chi connectivity index (χ1) is 15.4. The molecule has 0 spiro atoms. The molecule has 2 N–H and O–H groups in total. The van der Waals surface area contributed by atoms with Crippen LogP contribution in [0.1, 0.15) is 24.5 Å². The van der Waals surface area contributed by atoms with Gasteiger partial charge in [-0.2, -0.15) is 10.1 Å². The van der Waals surface area contributed by atoms with Gasteiger partial charge in [-0.25, -0.2) is 4.52 Å².